The Labute approximate surface area is 334 Å². The largest absolute Gasteiger partial charge is 0.462 e. The molecule has 312 valence electrons. The van der Waals surface area contributed by atoms with E-state index in [0.717, 1.165) is 89.5 Å². The normalized spacial score (nSPS) is 12.4. The van der Waals surface area contributed by atoms with Gasteiger partial charge in [0, 0.05) is 26.1 Å². The van der Waals surface area contributed by atoms with Crippen molar-refractivity contribution in [3.63, 3.8) is 0 Å². The molecule has 6 heteroatoms. The van der Waals surface area contributed by atoms with Crippen LogP contribution < -0.4 is 0 Å². The van der Waals surface area contributed by atoms with Gasteiger partial charge in [0.1, 0.15) is 6.10 Å². The number of imidazole rings is 1. The molecular weight excluding hydrogens is 667 g/mol. The molecule has 1 atom stereocenters. The third-order valence-corrected chi connectivity index (χ3v) is 11.5. The maximum atomic E-state index is 12.9. The standard InChI is InChI=1S/C48H87N3O3/c1-4-7-10-13-16-17-18-19-21-26-33-44(52)42-50(40-41-51-43-49-46-36-30-31-37-47(46)51)39-32-25-20-24-29-38-48(53)54-45(34-27-22-14-11-8-5-2)35-28-23-15-12-9-6-3/h30-31,36-37,43-45,52H,4-29,32-35,38-42H2,1-3H3. The van der Waals surface area contributed by atoms with E-state index in [2.05, 4.69) is 53.4 Å². The number of esters is 1. The van der Waals surface area contributed by atoms with Crippen LogP contribution in [0.25, 0.3) is 11.0 Å². The Bertz CT molecular complexity index is 1100. The van der Waals surface area contributed by atoms with Crippen LogP contribution in [-0.4, -0.2) is 57.4 Å². The zero-order chi connectivity index (χ0) is 38.7. The summed E-state index contributed by atoms with van der Waals surface area (Å²) in [6, 6.07) is 8.35. The molecular formula is C48H87N3O3. The highest BCUT2D eigenvalue weighted by atomic mass is 16.5. The Morgan fingerprint density at radius 1 is 0.630 bits per heavy atom. The predicted molar refractivity (Wildman–Crippen MR) is 232 cm³/mol. The topological polar surface area (TPSA) is 67.6 Å². The van der Waals surface area contributed by atoms with Crippen LogP contribution in [0.1, 0.15) is 220 Å². The molecule has 1 aromatic heterocycles. The second kappa shape index (κ2) is 34.3. The lowest BCUT2D eigenvalue weighted by Gasteiger charge is -2.25. The van der Waals surface area contributed by atoms with Crippen LogP contribution in [0.3, 0.4) is 0 Å². The number of aromatic nitrogens is 2. The average molecular weight is 754 g/mol. The van der Waals surface area contributed by atoms with Crippen molar-refractivity contribution in [2.24, 2.45) is 0 Å². The van der Waals surface area contributed by atoms with Gasteiger partial charge in [-0.1, -0.05) is 181 Å². The lowest BCUT2D eigenvalue weighted by Crippen LogP contribution is -2.35. The number of unbranched alkanes of at least 4 members (excludes halogenated alkanes) is 23. The highest BCUT2D eigenvalue weighted by Crippen LogP contribution is 2.19. The summed E-state index contributed by atoms with van der Waals surface area (Å²) in [5, 5.41) is 11.0. The Morgan fingerprint density at radius 3 is 1.69 bits per heavy atom. The van der Waals surface area contributed by atoms with E-state index in [1.54, 1.807) is 0 Å². The van der Waals surface area contributed by atoms with Crippen molar-refractivity contribution in [1.29, 1.82) is 0 Å². The minimum absolute atomic E-state index is 0.0200. The molecule has 2 aromatic rings. The number of hydrogen-bond acceptors (Lipinski definition) is 5. The van der Waals surface area contributed by atoms with Crippen molar-refractivity contribution < 1.29 is 14.6 Å². The molecule has 0 fully saturated rings. The van der Waals surface area contributed by atoms with Crippen molar-refractivity contribution in [2.45, 2.75) is 239 Å². The van der Waals surface area contributed by atoms with Gasteiger partial charge >= 0.3 is 5.97 Å². The smallest absolute Gasteiger partial charge is 0.306 e. The quantitative estimate of drug-likeness (QED) is 0.0544. The third-order valence-electron chi connectivity index (χ3n) is 11.5. The lowest BCUT2D eigenvalue weighted by molar-refractivity contribution is -0.150. The molecule has 0 amide bonds. The van der Waals surface area contributed by atoms with E-state index in [4.69, 9.17) is 4.74 Å². The number of carbonyl (C=O) groups excluding carboxylic acids is 1. The number of hydrogen-bond donors (Lipinski definition) is 1. The van der Waals surface area contributed by atoms with Crippen LogP contribution in [0.15, 0.2) is 30.6 Å². The SMILES string of the molecule is CCCCCCCCCCCCC(O)CN(CCCCCCCC(=O)OC(CCCCCCCC)CCCCCCCC)CCn1cnc2ccccc21. The summed E-state index contributed by atoms with van der Waals surface area (Å²) >= 11 is 0. The number of para-hydroxylation sites is 2. The van der Waals surface area contributed by atoms with Crippen molar-refractivity contribution in [3.8, 4) is 0 Å². The van der Waals surface area contributed by atoms with E-state index >= 15 is 0 Å². The van der Waals surface area contributed by atoms with Crippen LogP contribution in [0.4, 0.5) is 0 Å². The van der Waals surface area contributed by atoms with Crippen molar-refractivity contribution in [3.05, 3.63) is 30.6 Å². The van der Waals surface area contributed by atoms with E-state index in [1.807, 2.05) is 12.4 Å². The van der Waals surface area contributed by atoms with E-state index in [1.165, 1.54) is 140 Å². The number of carbonyl (C=O) groups is 1. The lowest BCUT2D eigenvalue weighted by atomic mass is 10.0. The van der Waals surface area contributed by atoms with Gasteiger partial charge in [-0.3, -0.25) is 9.69 Å². The first-order valence-corrected chi connectivity index (χ1v) is 23.6. The Balaban J connectivity index is 1.69. The number of aliphatic hydroxyl groups is 1. The van der Waals surface area contributed by atoms with E-state index in [-0.39, 0.29) is 18.2 Å². The Hall–Kier alpha value is -1.92. The van der Waals surface area contributed by atoms with E-state index < -0.39 is 0 Å². The molecule has 1 aromatic carbocycles. The monoisotopic (exact) mass is 754 g/mol. The summed E-state index contributed by atoms with van der Waals surface area (Å²) in [5.74, 6) is 0.0200. The predicted octanol–water partition coefficient (Wildman–Crippen LogP) is 13.8. The van der Waals surface area contributed by atoms with Crippen molar-refractivity contribution in [2.75, 3.05) is 19.6 Å². The van der Waals surface area contributed by atoms with Crippen LogP contribution in [0, 0.1) is 0 Å². The summed E-state index contributed by atoms with van der Waals surface area (Å²) in [7, 11) is 0. The molecule has 1 heterocycles. The van der Waals surface area contributed by atoms with Gasteiger partial charge in [0.2, 0.25) is 0 Å². The number of benzene rings is 1. The zero-order valence-corrected chi connectivity index (χ0v) is 35.9. The van der Waals surface area contributed by atoms with E-state index in [0.29, 0.717) is 6.42 Å². The van der Waals surface area contributed by atoms with Gasteiger partial charge in [0.25, 0.3) is 0 Å². The van der Waals surface area contributed by atoms with Gasteiger partial charge in [-0.25, -0.2) is 4.98 Å². The molecule has 1 N–H and O–H groups in total. The molecule has 0 aliphatic rings. The summed E-state index contributed by atoms with van der Waals surface area (Å²) in [5.41, 5.74) is 2.22. The number of rotatable bonds is 39. The second-order valence-electron chi connectivity index (χ2n) is 16.6. The summed E-state index contributed by atoms with van der Waals surface area (Å²) in [6.45, 7) is 10.4. The average Bonchev–Trinajstić information content (AvgIpc) is 3.59. The first-order valence-electron chi connectivity index (χ1n) is 23.6. The molecule has 0 radical (unpaired) electrons. The highest BCUT2D eigenvalue weighted by Gasteiger charge is 2.15. The number of fused-ring (bicyclic) bond motifs is 1. The fourth-order valence-corrected chi connectivity index (χ4v) is 7.94. The zero-order valence-electron chi connectivity index (χ0n) is 35.9. The van der Waals surface area contributed by atoms with E-state index in [9.17, 15) is 9.90 Å². The van der Waals surface area contributed by atoms with Crippen LogP contribution in [0.5, 0.6) is 0 Å². The number of ether oxygens (including phenoxy) is 1. The van der Waals surface area contributed by atoms with Crippen LogP contribution in [0.2, 0.25) is 0 Å². The van der Waals surface area contributed by atoms with Crippen LogP contribution in [-0.2, 0) is 16.1 Å². The molecule has 0 bridgehead atoms. The molecule has 0 aliphatic heterocycles. The molecule has 54 heavy (non-hydrogen) atoms. The van der Waals surface area contributed by atoms with Gasteiger partial charge in [-0.2, -0.15) is 0 Å². The summed E-state index contributed by atoms with van der Waals surface area (Å²) in [4.78, 5) is 19.9. The van der Waals surface area contributed by atoms with Gasteiger partial charge in [-0.05, 0) is 63.6 Å². The minimum atomic E-state index is -0.268. The van der Waals surface area contributed by atoms with Gasteiger partial charge < -0.3 is 14.4 Å². The van der Waals surface area contributed by atoms with Crippen LogP contribution >= 0.6 is 0 Å². The third kappa shape index (κ3) is 25.3. The fraction of sp³-hybridized carbons (Fsp3) is 0.833. The summed E-state index contributed by atoms with van der Waals surface area (Å²) in [6.07, 6.45) is 39.4. The molecule has 0 saturated heterocycles. The minimum Gasteiger partial charge on any atom is -0.462 e. The molecule has 2 rings (SSSR count). The van der Waals surface area contributed by atoms with Crippen molar-refractivity contribution >= 4 is 17.0 Å². The van der Waals surface area contributed by atoms with Gasteiger partial charge in [0.05, 0.1) is 23.5 Å². The maximum Gasteiger partial charge on any atom is 0.306 e. The number of nitrogens with zero attached hydrogens (tertiary/aromatic N) is 3. The Kier molecular flexibility index (Phi) is 30.7. The summed E-state index contributed by atoms with van der Waals surface area (Å²) < 4.78 is 8.33. The molecule has 0 aliphatic carbocycles. The van der Waals surface area contributed by atoms with Gasteiger partial charge in [0.15, 0.2) is 0 Å². The first-order chi connectivity index (χ1) is 26.6. The van der Waals surface area contributed by atoms with Gasteiger partial charge in [-0.15, -0.1) is 0 Å². The number of aliphatic hydroxyl groups excluding tert-OH is 1. The second-order valence-corrected chi connectivity index (χ2v) is 16.6. The molecule has 0 spiro atoms. The van der Waals surface area contributed by atoms with Crippen molar-refractivity contribution in [1.82, 2.24) is 14.5 Å². The first kappa shape index (κ1) is 48.2. The molecule has 6 nitrogen and oxygen atoms in total. The molecule has 1 unspecified atom stereocenters. The maximum absolute atomic E-state index is 12.9. The highest BCUT2D eigenvalue weighted by molar-refractivity contribution is 5.74. The Morgan fingerprint density at radius 2 is 1.11 bits per heavy atom. The molecule has 0 saturated carbocycles. The fourth-order valence-electron chi connectivity index (χ4n) is 7.94.